The van der Waals surface area contributed by atoms with Crippen molar-refractivity contribution in [2.75, 3.05) is 5.32 Å². The highest BCUT2D eigenvalue weighted by Gasteiger charge is 2.59. The highest BCUT2D eigenvalue weighted by Crippen LogP contribution is 2.60. The Hall–Kier alpha value is -2.45. The topological polar surface area (TPSA) is 113 Å². The Morgan fingerprint density at radius 3 is 2.76 bits per heavy atom. The summed E-state index contributed by atoms with van der Waals surface area (Å²) >= 11 is 0. The average molecular weight is 342 g/mol. The number of nitrogens with zero attached hydrogens (tertiary/aromatic N) is 5. The van der Waals surface area contributed by atoms with Crippen LogP contribution in [0.5, 0.6) is 0 Å². The zero-order chi connectivity index (χ0) is 17.1. The van der Waals surface area contributed by atoms with E-state index in [1.165, 1.54) is 6.42 Å². The van der Waals surface area contributed by atoms with E-state index in [0.29, 0.717) is 23.6 Å². The number of hydrogen-bond acceptors (Lipinski definition) is 5. The zero-order valence-electron chi connectivity index (χ0n) is 14.2. The van der Waals surface area contributed by atoms with Gasteiger partial charge in [-0.15, -0.1) is 5.10 Å². The van der Waals surface area contributed by atoms with Gasteiger partial charge in [-0.2, -0.15) is 10.1 Å². The number of amides is 2. The van der Waals surface area contributed by atoms with E-state index in [1.54, 1.807) is 13.3 Å². The lowest BCUT2D eigenvalue weighted by atomic mass is 9.50. The number of urea groups is 1. The molecule has 4 atom stereocenters. The number of hydrogen-bond donors (Lipinski definition) is 3. The Morgan fingerprint density at radius 2 is 2.12 bits per heavy atom. The molecule has 2 aromatic rings. The first-order chi connectivity index (χ1) is 12.0. The van der Waals surface area contributed by atoms with Gasteiger partial charge >= 0.3 is 6.03 Å². The van der Waals surface area contributed by atoms with Gasteiger partial charge in [0.2, 0.25) is 5.95 Å². The summed E-state index contributed by atoms with van der Waals surface area (Å²) in [6, 6.07) is -0.227. The summed E-state index contributed by atoms with van der Waals surface area (Å²) in [4.78, 5) is 20.8. The Kier molecular flexibility index (Phi) is 2.99. The van der Waals surface area contributed by atoms with Crippen LogP contribution in [0.4, 0.5) is 10.7 Å². The molecule has 0 saturated heterocycles. The van der Waals surface area contributed by atoms with Crippen molar-refractivity contribution in [2.24, 2.45) is 11.8 Å². The summed E-state index contributed by atoms with van der Waals surface area (Å²) in [5.74, 6) is 2.26. The smallest absolute Gasteiger partial charge is 0.322 e. The highest BCUT2D eigenvalue weighted by molar-refractivity contribution is 5.87. The molecule has 4 fully saturated rings. The van der Waals surface area contributed by atoms with Gasteiger partial charge in [-0.1, -0.05) is 0 Å². The molecule has 25 heavy (non-hydrogen) atoms. The van der Waals surface area contributed by atoms with Crippen LogP contribution in [0.2, 0.25) is 0 Å². The van der Waals surface area contributed by atoms with Gasteiger partial charge in [0.1, 0.15) is 18.5 Å². The Balaban J connectivity index is 1.38. The van der Waals surface area contributed by atoms with Crippen LogP contribution in [0.3, 0.4) is 0 Å². The lowest BCUT2D eigenvalue weighted by Crippen LogP contribution is -2.66. The zero-order valence-corrected chi connectivity index (χ0v) is 14.2. The van der Waals surface area contributed by atoms with E-state index in [-0.39, 0.29) is 17.1 Å². The quantitative estimate of drug-likeness (QED) is 0.783. The molecule has 2 heterocycles. The maximum atomic E-state index is 12.5. The molecule has 3 N–H and O–H groups in total. The molecule has 0 aromatic carbocycles. The monoisotopic (exact) mass is 342 g/mol. The Labute approximate surface area is 145 Å². The summed E-state index contributed by atoms with van der Waals surface area (Å²) in [6.45, 7) is 1.80. The molecule has 2 amide bonds. The first kappa shape index (κ1) is 14.9. The van der Waals surface area contributed by atoms with E-state index in [2.05, 4.69) is 35.9 Å². The minimum Gasteiger partial charge on any atom is -0.332 e. The van der Waals surface area contributed by atoms with E-state index in [0.717, 1.165) is 32.1 Å². The number of anilines is 1. The summed E-state index contributed by atoms with van der Waals surface area (Å²) in [5, 5.41) is 17.2. The van der Waals surface area contributed by atoms with Crippen LogP contribution in [0, 0.1) is 18.8 Å². The van der Waals surface area contributed by atoms with Gasteiger partial charge in [0.15, 0.2) is 0 Å². The number of rotatable bonds is 3. The van der Waals surface area contributed by atoms with Crippen molar-refractivity contribution in [1.82, 2.24) is 35.3 Å². The largest absolute Gasteiger partial charge is 0.332 e. The molecule has 9 nitrogen and oxygen atoms in total. The van der Waals surface area contributed by atoms with Crippen LogP contribution in [0.25, 0.3) is 0 Å². The van der Waals surface area contributed by atoms with Gasteiger partial charge in [-0.25, -0.2) is 14.5 Å². The summed E-state index contributed by atoms with van der Waals surface area (Å²) < 4.78 is 2.04. The number of aromatic nitrogens is 6. The van der Waals surface area contributed by atoms with Gasteiger partial charge in [0, 0.05) is 5.54 Å². The van der Waals surface area contributed by atoms with Crippen LogP contribution < -0.4 is 10.6 Å². The maximum absolute atomic E-state index is 12.5. The minimum atomic E-state index is -0.227. The first-order valence-electron chi connectivity index (χ1n) is 8.88. The third-order valence-corrected chi connectivity index (χ3v) is 6.14. The predicted octanol–water partition coefficient (Wildman–Crippen LogP) is 1.57. The van der Waals surface area contributed by atoms with Crippen molar-refractivity contribution in [2.45, 2.75) is 56.5 Å². The number of carbonyl (C=O) groups excluding carboxylic acids is 1. The van der Waals surface area contributed by atoms with E-state index in [4.69, 9.17) is 0 Å². The van der Waals surface area contributed by atoms with E-state index in [9.17, 15) is 4.79 Å². The Morgan fingerprint density at radius 1 is 1.32 bits per heavy atom. The van der Waals surface area contributed by atoms with Crippen LogP contribution in [0.15, 0.2) is 12.7 Å². The molecule has 4 saturated carbocycles. The lowest BCUT2D eigenvalue weighted by Gasteiger charge is -2.61. The van der Waals surface area contributed by atoms with Crippen LogP contribution >= 0.6 is 0 Å². The number of carbonyl (C=O) groups is 1. The third-order valence-electron chi connectivity index (χ3n) is 6.14. The second kappa shape index (κ2) is 5.03. The summed E-state index contributed by atoms with van der Waals surface area (Å²) in [5.41, 5.74) is -0.180. The van der Waals surface area contributed by atoms with Gasteiger partial charge in [-0.05, 0) is 57.3 Å². The molecule has 2 unspecified atom stereocenters. The van der Waals surface area contributed by atoms with E-state index >= 15 is 0 Å². The number of H-pyrrole nitrogens is 1. The summed E-state index contributed by atoms with van der Waals surface area (Å²) in [7, 11) is 0. The van der Waals surface area contributed by atoms with Gasteiger partial charge in [-0.3, -0.25) is 10.4 Å². The molecule has 132 valence electrons. The fourth-order valence-electron chi connectivity index (χ4n) is 5.85. The first-order valence-corrected chi connectivity index (χ1v) is 8.88. The van der Waals surface area contributed by atoms with Crippen molar-refractivity contribution in [3.63, 3.8) is 0 Å². The lowest BCUT2D eigenvalue weighted by molar-refractivity contribution is -0.0728. The molecule has 2 aromatic heterocycles. The SMILES string of the molecule is Cc1nc(NC(=O)NC23C[C@H]4C[C@@H](C2)CC(n2cncn2)(C4)C3)n[nH]1. The normalized spacial score (nSPS) is 35.7. The van der Waals surface area contributed by atoms with Gasteiger partial charge < -0.3 is 5.32 Å². The number of aromatic amines is 1. The number of nitrogens with one attached hydrogen (secondary N) is 3. The van der Waals surface area contributed by atoms with Crippen molar-refractivity contribution in [3.05, 3.63) is 18.5 Å². The molecule has 4 aliphatic carbocycles. The second-order valence-corrected chi connectivity index (χ2v) is 8.13. The molecule has 6 rings (SSSR count). The molecule has 0 spiro atoms. The molecule has 0 radical (unpaired) electrons. The van der Waals surface area contributed by atoms with Gasteiger partial charge in [0.05, 0.1) is 5.54 Å². The summed E-state index contributed by atoms with van der Waals surface area (Å²) in [6.07, 6.45) is 9.98. The second-order valence-electron chi connectivity index (χ2n) is 8.13. The molecular formula is C16H22N8O. The highest BCUT2D eigenvalue weighted by atomic mass is 16.2. The molecule has 9 heteroatoms. The van der Waals surface area contributed by atoms with Crippen LogP contribution in [-0.4, -0.2) is 41.5 Å². The van der Waals surface area contributed by atoms with Crippen LogP contribution in [-0.2, 0) is 5.54 Å². The molecule has 4 bridgehead atoms. The fraction of sp³-hybridized carbons (Fsp3) is 0.688. The molecule has 4 aliphatic rings. The van der Waals surface area contributed by atoms with E-state index in [1.807, 2.05) is 11.0 Å². The van der Waals surface area contributed by atoms with Crippen molar-refractivity contribution >= 4 is 12.0 Å². The molecule has 0 aliphatic heterocycles. The van der Waals surface area contributed by atoms with Crippen molar-refractivity contribution in [3.8, 4) is 0 Å². The van der Waals surface area contributed by atoms with Crippen molar-refractivity contribution < 1.29 is 4.79 Å². The van der Waals surface area contributed by atoms with Crippen LogP contribution in [0.1, 0.15) is 44.3 Å². The van der Waals surface area contributed by atoms with Crippen molar-refractivity contribution in [1.29, 1.82) is 0 Å². The minimum absolute atomic E-state index is 0.00492. The predicted molar refractivity (Wildman–Crippen MR) is 88.7 cm³/mol. The van der Waals surface area contributed by atoms with Gasteiger partial charge in [0.25, 0.3) is 0 Å². The number of aryl methyl sites for hydroxylation is 1. The molecular weight excluding hydrogens is 320 g/mol. The third kappa shape index (κ3) is 2.40. The standard InChI is InChI=1S/C16H22N8O/c1-10-19-13(23-22-10)20-14(25)21-15-3-11-2-12(4-15)6-16(5-11,7-15)24-9-17-8-18-24/h8-9,11-12H,2-7H2,1H3,(H3,19,20,21,22,23,25)/t11-,12+,15?,16?. The Bertz CT molecular complexity index is 783. The average Bonchev–Trinajstić information content (AvgIpc) is 3.17. The van der Waals surface area contributed by atoms with E-state index < -0.39 is 0 Å². The maximum Gasteiger partial charge on any atom is 0.322 e. The fourth-order valence-corrected chi connectivity index (χ4v) is 5.85.